The number of benzene rings is 2. The minimum atomic E-state index is -0.452. The van der Waals surface area contributed by atoms with Gasteiger partial charge in [0, 0.05) is 29.3 Å². The smallest absolute Gasteiger partial charge is 0.213 e. The van der Waals surface area contributed by atoms with Gasteiger partial charge in [-0.1, -0.05) is 29.4 Å². The zero-order valence-corrected chi connectivity index (χ0v) is 21.3. The molecule has 3 aromatic heterocycles. The third-order valence-electron chi connectivity index (χ3n) is 7.22. The first-order valence-corrected chi connectivity index (χ1v) is 13.0. The van der Waals surface area contributed by atoms with Crippen molar-refractivity contribution in [2.24, 2.45) is 0 Å². The van der Waals surface area contributed by atoms with Crippen molar-refractivity contribution >= 4 is 11.0 Å². The van der Waals surface area contributed by atoms with Crippen LogP contribution in [0, 0.1) is 17.1 Å². The molecule has 5 aromatic rings. The Kier molecular flexibility index (Phi) is 7.02. The van der Waals surface area contributed by atoms with Crippen molar-refractivity contribution in [2.75, 3.05) is 13.1 Å². The highest BCUT2D eigenvalue weighted by atomic mass is 19.1. The van der Waals surface area contributed by atoms with Gasteiger partial charge in [0.15, 0.2) is 0 Å². The third-order valence-corrected chi connectivity index (χ3v) is 7.22. The van der Waals surface area contributed by atoms with Gasteiger partial charge in [0.25, 0.3) is 0 Å². The Labute approximate surface area is 225 Å². The summed E-state index contributed by atoms with van der Waals surface area (Å²) in [5, 5.41) is 13.0. The monoisotopic (exact) mass is 522 g/mol. The Morgan fingerprint density at radius 1 is 1.00 bits per heavy atom. The number of aromatic nitrogens is 4. The number of likely N-dealkylation sites (tertiary alicyclic amines) is 1. The highest BCUT2D eigenvalue weighted by Gasteiger charge is 2.24. The first-order chi connectivity index (χ1) is 19.2. The molecular weight excluding hydrogens is 495 g/mol. The lowest BCUT2D eigenvalue weighted by atomic mass is 9.93. The first kappa shape index (κ1) is 24.8. The standard InChI is InChI=1S/C30H27FN6O2/c31-25-16-21(17-32)8-9-23(25)20-38-30-7-3-5-26(34-30)22-10-13-36(14-11-22)19-29-33-27-4-1-2-6-28(27)37(29)18-24-12-15-39-35-24/h1-9,12,15-16,22H,10-11,13-14,18-20H2. The number of rotatable bonds is 8. The summed E-state index contributed by atoms with van der Waals surface area (Å²) < 4.78 is 27.3. The number of nitriles is 1. The Morgan fingerprint density at radius 3 is 2.67 bits per heavy atom. The molecule has 8 nitrogen and oxygen atoms in total. The summed E-state index contributed by atoms with van der Waals surface area (Å²) in [5.74, 6) is 1.36. The van der Waals surface area contributed by atoms with Crippen LogP contribution in [0.15, 0.2) is 77.5 Å². The maximum atomic E-state index is 14.2. The second kappa shape index (κ2) is 11.1. The van der Waals surface area contributed by atoms with Gasteiger partial charge in [-0.05, 0) is 56.3 Å². The molecular formula is C30H27FN6O2. The maximum absolute atomic E-state index is 14.2. The molecule has 0 amide bonds. The van der Waals surface area contributed by atoms with Gasteiger partial charge in [-0.2, -0.15) is 5.26 Å². The van der Waals surface area contributed by atoms with Crippen LogP contribution in [0.5, 0.6) is 5.88 Å². The number of hydrogen-bond donors (Lipinski definition) is 0. The molecule has 1 aliphatic rings. The van der Waals surface area contributed by atoms with Crippen molar-refractivity contribution in [1.29, 1.82) is 5.26 Å². The zero-order chi connectivity index (χ0) is 26.6. The summed E-state index contributed by atoms with van der Waals surface area (Å²) >= 11 is 0. The van der Waals surface area contributed by atoms with Crippen molar-refractivity contribution in [3.63, 3.8) is 0 Å². The lowest BCUT2D eigenvalue weighted by molar-refractivity contribution is 0.196. The molecule has 0 aliphatic carbocycles. The summed E-state index contributed by atoms with van der Waals surface area (Å²) in [4.78, 5) is 12.1. The Balaban J connectivity index is 1.09. The number of halogens is 1. The summed E-state index contributed by atoms with van der Waals surface area (Å²) in [6.45, 7) is 3.29. The van der Waals surface area contributed by atoms with E-state index in [0.29, 0.717) is 23.9 Å². The van der Waals surface area contributed by atoms with E-state index in [0.717, 1.165) is 60.7 Å². The van der Waals surface area contributed by atoms with E-state index in [-0.39, 0.29) is 12.2 Å². The number of fused-ring (bicyclic) bond motifs is 1. The van der Waals surface area contributed by atoms with E-state index in [1.807, 2.05) is 42.5 Å². The molecule has 2 aromatic carbocycles. The molecule has 196 valence electrons. The molecule has 1 aliphatic heterocycles. The fourth-order valence-corrected chi connectivity index (χ4v) is 5.11. The molecule has 6 rings (SSSR count). The van der Waals surface area contributed by atoms with Crippen LogP contribution >= 0.6 is 0 Å². The molecule has 0 saturated carbocycles. The Hall–Kier alpha value is -4.55. The topological polar surface area (TPSA) is 93.0 Å². The summed E-state index contributed by atoms with van der Waals surface area (Å²) in [6.07, 6.45) is 3.55. The average molecular weight is 523 g/mol. The number of imidazole rings is 1. The highest BCUT2D eigenvalue weighted by Crippen LogP contribution is 2.29. The van der Waals surface area contributed by atoms with Crippen molar-refractivity contribution in [1.82, 2.24) is 24.6 Å². The number of ether oxygens (including phenoxy) is 1. The highest BCUT2D eigenvalue weighted by molar-refractivity contribution is 5.76. The van der Waals surface area contributed by atoms with Gasteiger partial charge in [-0.3, -0.25) is 4.90 Å². The van der Waals surface area contributed by atoms with Crippen molar-refractivity contribution in [3.05, 3.63) is 107 Å². The number of hydrogen-bond acceptors (Lipinski definition) is 7. The molecule has 0 unspecified atom stereocenters. The summed E-state index contributed by atoms with van der Waals surface area (Å²) in [7, 11) is 0. The van der Waals surface area contributed by atoms with Crippen LogP contribution in [0.3, 0.4) is 0 Å². The minimum absolute atomic E-state index is 0.0573. The third kappa shape index (κ3) is 5.52. The van der Waals surface area contributed by atoms with Gasteiger partial charge in [0.2, 0.25) is 5.88 Å². The largest absolute Gasteiger partial charge is 0.473 e. The quantitative estimate of drug-likeness (QED) is 0.268. The molecule has 0 N–H and O–H groups in total. The van der Waals surface area contributed by atoms with Crippen LogP contribution in [-0.2, 0) is 19.7 Å². The summed E-state index contributed by atoms with van der Waals surface area (Å²) in [5.41, 5.74) is 4.61. The fourth-order valence-electron chi connectivity index (χ4n) is 5.11. The molecule has 0 bridgehead atoms. The molecule has 4 heterocycles. The molecule has 0 spiro atoms. The minimum Gasteiger partial charge on any atom is -0.473 e. The van der Waals surface area contributed by atoms with Crippen LogP contribution in [0.25, 0.3) is 11.0 Å². The van der Waals surface area contributed by atoms with Gasteiger partial charge < -0.3 is 13.8 Å². The van der Waals surface area contributed by atoms with E-state index >= 15 is 0 Å². The zero-order valence-electron chi connectivity index (χ0n) is 21.3. The molecule has 1 fully saturated rings. The van der Waals surface area contributed by atoms with E-state index in [1.54, 1.807) is 24.5 Å². The fraction of sp³-hybridized carbons (Fsp3) is 0.267. The SMILES string of the molecule is N#Cc1ccc(COc2cccc(C3CCN(Cc4nc5ccccc5n4Cc4ccon4)CC3)n2)c(F)c1. The van der Waals surface area contributed by atoms with Crippen molar-refractivity contribution in [3.8, 4) is 11.9 Å². The number of piperidine rings is 1. The normalized spacial score (nSPS) is 14.5. The Morgan fingerprint density at radius 2 is 1.87 bits per heavy atom. The molecule has 9 heteroatoms. The van der Waals surface area contributed by atoms with Crippen molar-refractivity contribution in [2.45, 2.75) is 38.5 Å². The second-order valence-electron chi connectivity index (χ2n) is 9.75. The van der Waals surface area contributed by atoms with Crippen LogP contribution in [0.2, 0.25) is 0 Å². The van der Waals surface area contributed by atoms with Gasteiger partial charge >= 0.3 is 0 Å². The Bertz CT molecular complexity index is 1620. The van der Waals surface area contributed by atoms with Crippen LogP contribution in [-0.4, -0.2) is 37.7 Å². The first-order valence-electron chi connectivity index (χ1n) is 13.0. The van der Waals surface area contributed by atoms with E-state index < -0.39 is 5.82 Å². The molecule has 0 atom stereocenters. The molecule has 0 radical (unpaired) electrons. The van der Waals surface area contributed by atoms with Gasteiger partial charge in [0.05, 0.1) is 35.8 Å². The van der Waals surface area contributed by atoms with Crippen LogP contribution in [0.4, 0.5) is 4.39 Å². The lowest BCUT2D eigenvalue weighted by Gasteiger charge is -2.31. The number of nitrogens with zero attached hydrogens (tertiary/aromatic N) is 6. The maximum Gasteiger partial charge on any atom is 0.213 e. The predicted molar refractivity (Wildman–Crippen MR) is 142 cm³/mol. The van der Waals surface area contributed by atoms with E-state index in [2.05, 4.69) is 20.7 Å². The average Bonchev–Trinajstić information content (AvgIpc) is 3.61. The van der Waals surface area contributed by atoms with E-state index in [4.69, 9.17) is 24.5 Å². The van der Waals surface area contributed by atoms with E-state index in [9.17, 15) is 4.39 Å². The predicted octanol–water partition coefficient (Wildman–Crippen LogP) is 5.44. The van der Waals surface area contributed by atoms with Gasteiger partial charge in [0.1, 0.15) is 30.2 Å². The van der Waals surface area contributed by atoms with Crippen LogP contribution in [0.1, 0.15) is 47.1 Å². The number of pyridine rings is 1. The molecule has 39 heavy (non-hydrogen) atoms. The molecule has 1 saturated heterocycles. The van der Waals surface area contributed by atoms with E-state index in [1.165, 1.54) is 6.07 Å². The van der Waals surface area contributed by atoms with Gasteiger partial charge in [-0.15, -0.1) is 0 Å². The second-order valence-corrected chi connectivity index (χ2v) is 9.75. The lowest BCUT2D eigenvalue weighted by Crippen LogP contribution is -2.33. The van der Waals surface area contributed by atoms with Crippen LogP contribution < -0.4 is 4.74 Å². The van der Waals surface area contributed by atoms with Crippen molar-refractivity contribution < 1.29 is 13.7 Å². The van der Waals surface area contributed by atoms with Gasteiger partial charge in [-0.25, -0.2) is 14.4 Å². The summed E-state index contributed by atoms with van der Waals surface area (Å²) in [6, 6.07) is 22.1. The number of para-hydroxylation sites is 2.